The number of amides is 1. The fourth-order valence-electron chi connectivity index (χ4n) is 1.39. The number of carbonyl (C=O) groups excluding carboxylic acids is 2. The highest BCUT2D eigenvalue weighted by atomic mass is 19.1. The number of hydrogen-bond acceptors (Lipinski definition) is 3. The number of ketones is 1. The molecule has 4 nitrogen and oxygen atoms in total. The van der Waals surface area contributed by atoms with Gasteiger partial charge in [0.25, 0.3) is 5.91 Å². The molecule has 5 heteroatoms. The van der Waals surface area contributed by atoms with Crippen molar-refractivity contribution in [1.82, 2.24) is 5.32 Å². The average molecular weight is 239 g/mol. The van der Waals surface area contributed by atoms with Crippen LogP contribution in [0.3, 0.4) is 0 Å². The Bertz CT molecular complexity index is 425. The first-order valence-electron chi connectivity index (χ1n) is 5.28. The van der Waals surface area contributed by atoms with Gasteiger partial charge in [-0.3, -0.25) is 9.59 Å². The predicted molar refractivity (Wildman–Crippen MR) is 60.3 cm³/mol. The Hall–Kier alpha value is -1.91. The summed E-state index contributed by atoms with van der Waals surface area (Å²) in [6, 6.07) is 2.87. The van der Waals surface area contributed by atoms with Crippen LogP contribution in [0.1, 0.15) is 30.6 Å². The Morgan fingerprint density at radius 1 is 1.47 bits per heavy atom. The van der Waals surface area contributed by atoms with Crippen LogP contribution < -0.4 is 5.32 Å². The zero-order valence-corrected chi connectivity index (χ0v) is 9.66. The Labute approximate surface area is 98.5 Å². The highest BCUT2D eigenvalue weighted by Crippen LogP contribution is 2.19. The molecule has 0 aliphatic rings. The zero-order valence-electron chi connectivity index (χ0n) is 9.66. The number of nitrogens with one attached hydrogen (secondary N) is 1. The van der Waals surface area contributed by atoms with Crippen LogP contribution in [0.25, 0.3) is 0 Å². The van der Waals surface area contributed by atoms with Crippen molar-refractivity contribution in [2.75, 3.05) is 0 Å². The molecule has 1 unspecified atom stereocenters. The fourth-order valence-corrected chi connectivity index (χ4v) is 1.39. The molecule has 17 heavy (non-hydrogen) atoms. The third kappa shape index (κ3) is 3.03. The van der Waals surface area contributed by atoms with Gasteiger partial charge in [0, 0.05) is 6.42 Å². The molecule has 1 amide bonds. The number of phenolic OH excluding ortho intramolecular Hbond substituents is 1. The Morgan fingerprint density at radius 2 is 2.12 bits per heavy atom. The van der Waals surface area contributed by atoms with Gasteiger partial charge in [-0.25, -0.2) is 4.39 Å². The van der Waals surface area contributed by atoms with Crippen LogP contribution in [0, 0.1) is 5.82 Å². The van der Waals surface area contributed by atoms with E-state index < -0.39 is 29.1 Å². The van der Waals surface area contributed by atoms with E-state index in [1.165, 1.54) is 19.1 Å². The summed E-state index contributed by atoms with van der Waals surface area (Å²) in [5.41, 5.74) is -0.441. The van der Waals surface area contributed by atoms with Gasteiger partial charge in [0.05, 0.1) is 6.04 Å². The number of benzene rings is 1. The molecule has 0 radical (unpaired) electrons. The maximum atomic E-state index is 13.3. The molecule has 0 bridgehead atoms. The van der Waals surface area contributed by atoms with Crippen molar-refractivity contribution in [2.45, 2.75) is 26.3 Å². The van der Waals surface area contributed by atoms with Crippen LogP contribution in [0.15, 0.2) is 18.2 Å². The summed E-state index contributed by atoms with van der Waals surface area (Å²) in [4.78, 5) is 22.9. The molecule has 0 fully saturated rings. The smallest absolute Gasteiger partial charge is 0.258 e. The van der Waals surface area contributed by atoms with Crippen LogP contribution in [0.2, 0.25) is 0 Å². The molecule has 1 aromatic carbocycles. The third-order valence-electron chi connectivity index (χ3n) is 2.40. The maximum absolute atomic E-state index is 13.3. The summed E-state index contributed by atoms with van der Waals surface area (Å²) in [5.74, 6) is -2.22. The highest BCUT2D eigenvalue weighted by Gasteiger charge is 2.20. The average Bonchev–Trinajstić information content (AvgIpc) is 2.27. The number of phenols is 1. The minimum Gasteiger partial charge on any atom is -0.507 e. The third-order valence-corrected chi connectivity index (χ3v) is 2.40. The molecule has 2 N–H and O–H groups in total. The van der Waals surface area contributed by atoms with Gasteiger partial charge < -0.3 is 10.4 Å². The van der Waals surface area contributed by atoms with Crippen molar-refractivity contribution in [2.24, 2.45) is 0 Å². The minimum atomic E-state index is -0.821. The van der Waals surface area contributed by atoms with Crippen LogP contribution >= 0.6 is 0 Å². The van der Waals surface area contributed by atoms with E-state index in [2.05, 4.69) is 5.32 Å². The summed E-state index contributed by atoms with van der Waals surface area (Å²) < 4.78 is 13.3. The number of carbonyl (C=O) groups is 2. The second-order valence-electron chi connectivity index (χ2n) is 3.65. The van der Waals surface area contributed by atoms with Gasteiger partial charge in [-0.15, -0.1) is 0 Å². The number of halogens is 1. The molecule has 92 valence electrons. The normalized spacial score (nSPS) is 11.9. The van der Waals surface area contributed by atoms with Crippen molar-refractivity contribution in [3.05, 3.63) is 29.6 Å². The van der Waals surface area contributed by atoms with Gasteiger partial charge in [0.2, 0.25) is 0 Å². The molecule has 0 aliphatic carbocycles. The van der Waals surface area contributed by atoms with E-state index >= 15 is 0 Å². The molecule has 0 saturated carbocycles. The molecule has 1 rings (SSSR count). The maximum Gasteiger partial charge on any atom is 0.258 e. The number of rotatable bonds is 4. The summed E-state index contributed by atoms with van der Waals surface area (Å²) in [6.07, 6.45) is 0.282. The van der Waals surface area contributed by atoms with Crippen LogP contribution in [-0.4, -0.2) is 22.8 Å². The Balaban J connectivity index is 2.87. The quantitative estimate of drug-likeness (QED) is 0.839. The molecule has 0 saturated heterocycles. The summed E-state index contributed by atoms with van der Waals surface area (Å²) >= 11 is 0. The second-order valence-corrected chi connectivity index (χ2v) is 3.65. The van der Waals surface area contributed by atoms with Gasteiger partial charge in [-0.2, -0.15) is 0 Å². The molecule has 0 aromatic heterocycles. The van der Waals surface area contributed by atoms with Crippen molar-refractivity contribution in [1.29, 1.82) is 0 Å². The Kier molecular flexibility index (Phi) is 4.20. The van der Waals surface area contributed by atoms with E-state index in [1.807, 2.05) is 0 Å². The summed E-state index contributed by atoms with van der Waals surface area (Å²) in [5, 5.41) is 11.7. The first-order valence-corrected chi connectivity index (χ1v) is 5.28. The SMILES string of the molecule is CCC(=O)C(C)NC(=O)c1c(O)cccc1F. The molecular formula is C12H14FNO3. The zero-order chi connectivity index (χ0) is 13.0. The predicted octanol–water partition coefficient (Wildman–Crippen LogP) is 1.63. The highest BCUT2D eigenvalue weighted by molar-refractivity contribution is 5.99. The van der Waals surface area contributed by atoms with Gasteiger partial charge in [-0.05, 0) is 19.1 Å². The van der Waals surface area contributed by atoms with Crippen molar-refractivity contribution < 1.29 is 19.1 Å². The van der Waals surface area contributed by atoms with Gasteiger partial charge in [-0.1, -0.05) is 13.0 Å². The van der Waals surface area contributed by atoms with E-state index in [1.54, 1.807) is 6.92 Å². The first-order chi connectivity index (χ1) is 7.97. The largest absolute Gasteiger partial charge is 0.507 e. The van der Waals surface area contributed by atoms with Gasteiger partial charge in [0.15, 0.2) is 5.78 Å². The van der Waals surface area contributed by atoms with Gasteiger partial charge in [0.1, 0.15) is 17.1 Å². The van der Waals surface area contributed by atoms with Crippen LogP contribution in [-0.2, 0) is 4.79 Å². The van der Waals surface area contributed by atoms with Gasteiger partial charge >= 0.3 is 0 Å². The lowest BCUT2D eigenvalue weighted by Gasteiger charge is -2.12. The van der Waals surface area contributed by atoms with Crippen LogP contribution in [0.5, 0.6) is 5.75 Å². The molecule has 0 spiro atoms. The van der Waals surface area contributed by atoms with E-state index in [0.29, 0.717) is 0 Å². The molecule has 0 heterocycles. The van der Waals surface area contributed by atoms with Crippen LogP contribution in [0.4, 0.5) is 4.39 Å². The summed E-state index contributed by atoms with van der Waals surface area (Å²) in [7, 11) is 0. The fraction of sp³-hybridized carbons (Fsp3) is 0.333. The standard InChI is InChI=1S/C12H14FNO3/c1-3-9(15)7(2)14-12(17)11-8(13)5-4-6-10(11)16/h4-7,16H,3H2,1-2H3,(H,14,17). The topological polar surface area (TPSA) is 66.4 Å². The van der Waals surface area contributed by atoms with E-state index in [0.717, 1.165) is 6.07 Å². The molecule has 1 atom stereocenters. The van der Waals surface area contributed by atoms with Crippen molar-refractivity contribution >= 4 is 11.7 Å². The lowest BCUT2D eigenvalue weighted by atomic mass is 10.1. The molecular weight excluding hydrogens is 225 g/mol. The van der Waals surface area contributed by atoms with E-state index in [9.17, 15) is 19.1 Å². The minimum absolute atomic E-state index is 0.158. The second kappa shape index (κ2) is 5.43. The number of aromatic hydroxyl groups is 1. The van der Waals surface area contributed by atoms with E-state index in [-0.39, 0.29) is 12.2 Å². The number of hydrogen-bond donors (Lipinski definition) is 2. The van der Waals surface area contributed by atoms with E-state index in [4.69, 9.17) is 0 Å². The number of Topliss-reactive ketones (excluding diaryl/α,β-unsaturated/α-hetero) is 1. The molecule has 0 aliphatic heterocycles. The van der Waals surface area contributed by atoms with Crippen molar-refractivity contribution in [3.63, 3.8) is 0 Å². The first kappa shape index (κ1) is 13.2. The monoisotopic (exact) mass is 239 g/mol. The lowest BCUT2D eigenvalue weighted by molar-refractivity contribution is -0.120. The molecule has 1 aromatic rings. The van der Waals surface area contributed by atoms with Crippen molar-refractivity contribution in [3.8, 4) is 5.75 Å². The lowest BCUT2D eigenvalue weighted by Crippen LogP contribution is -2.38. The Morgan fingerprint density at radius 3 is 2.65 bits per heavy atom. The summed E-state index contributed by atoms with van der Waals surface area (Å²) in [6.45, 7) is 3.19.